The van der Waals surface area contributed by atoms with E-state index in [-0.39, 0.29) is 22.6 Å². The van der Waals surface area contributed by atoms with E-state index >= 15 is 0 Å². The lowest BCUT2D eigenvalue weighted by Crippen LogP contribution is -2.37. The number of aliphatic hydroxyl groups excluding tert-OH is 1. The second-order valence-corrected chi connectivity index (χ2v) is 9.47. The third-order valence-corrected chi connectivity index (χ3v) is 6.19. The minimum atomic E-state index is -4.58. The van der Waals surface area contributed by atoms with Crippen LogP contribution in [0.3, 0.4) is 0 Å². The molecule has 0 aliphatic carbocycles. The maximum atomic E-state index is 13.7. The molecule has 0 bridgehead atoms. The summed E-state index contributed by atoms with van der Waals surface area (Å²) < 4.78 is 72.7. The van der Waals surface area contributed by atoms with Crippen molar-refractivity contribution < 1.29 is 36.6 Å². The van der Waals surface area contributed by atoms with E-state index in [0.29, 0.717) is 16.9 Å². The first-order valence-electron chi connectivity index (χ1n) is 9.74. The highest BCUT2D eigenvalue weighted by atomic mass is 32.1. The fraction of sp³-hybridized carbons (Fsp3) is 0.409. The van der Waals surface area contributed by atoms with Crippen molar-refractivity contribution in [3.05, 3.63) is 63.0 Å². The largest absolute Gasteiger partial charge is 0.425 e. The highest BCUT2D eigenvalue weighted by molar-refractivity contribution is 7.13. The van der Waals surface area contributed by atoms with Crippen LogP contribution in [-0.4, -0.2) is 34.9 Å². The maximum absolute atomic E-state index is 13.7. The first-order valence-corrected chi connectivity index (χ1v) is 10.6. The quantitative estimate of drug-likeness (QED) is 0.465. The maximum Gasteiger partial charge on any atom is 0.425 e. The predicted molar refractivity (Wildman–Crippen MR) is 110 cm³/mol. The predicted octanol–water partition coefficient (Wildman–Crippen LogP) is 5.56. The average molecular weight is 475 g/mol. The number of nitrogens with zero attached hydrogens (tertiary/aromatic N) is 1. The Morgan fingerprint density at radius 1 is 1.19 bits per heavy atom. The Labute approximate surface area is 185 Å². The van der Waals surface area contributed by atoms with Gasteiger partial charge in [0.1, 0.15) is 4.88 Å². The van der Waals surface area contributed by atoms with Crippen molar-refractivity contribution >= 4 is 22.8 Å². The minimum absolute atomic E-state index is 0.0179. The third kappa shape index (κ3) is 4.87. The SMILES string of the molecule is CC(C)OC(O)C1=CN(C(=O)c2ccc(F)c(F)c2)CC(C)(C)c2cc(C(F)(F)F)sc21. The van der Waals surface area contributed by atoms with Crippen LogP contribution in [0.1, 0.15) is 53.4 Å². The zero-order valence-corrected chi connectivity index (χ0v) is 18.6. The molecule has 1 aliphatic heterocycles. The molecule has 0 fully saturated rings. The van der Waals surface area contributed by atoms with Crippen LogP contribution in [0.15, 0.2) is 30.5 Å². The molecule has 0 spiro atoms. The van der Waals surface area contributed by atoms with Crippen LogP contribution in [-0.2, 0) is 16.3 Å². The van der Waals surface area contributed by atoms with E-state index in [0.717, 1.165) is 24.3 Å². The second kappa shape index (κ2) is 8.57. The van der Waals surface area contributed by atoms with E-state index in [1.807, 2.05) is 0 Å². The number of halogens is 5. The molecule has 1 N–H and O–H groups in total. The Bertz CT molecular complexity index is 1060. The Kier molecular flexibility index (Phi) is 6.52. The van der Waals surface area contributed by atoms with Crippen LogP contribution >= 0.6 is 11.3 Å². The molecule has 32 heavy (non-hydrogen) atoms. The van der Waals surface area contributed by atoms with Crippen LogP contribution in [0.5, 0.6) is 0 Å². The van der Waals surface area contributed by atoms with Crippen molar-refractivity contribution in [3.8, 4) is 0 Å². The van der Waals surface area contributed by atoms with E-state index in [4.69, 9.17) is 4.74 Å². The molecule has 1 aromatic carbocycles. The zero-order chi connectivity index (χ0) is 24.0. The lowest BCUT2D eigenvalue weighted by molar-refractivity contribution is -0.134. The van der Waals surface area contributed by atoms with Gasteiger partial charge in [0.25, 0.3) is 5.91 Å². The highest BCUT2D eigenvalue weighted by Crippen LogP contribution is 2.46. The Morgan fingerprint density at radius 2 is 1.84 bits per heavy atom. The molecule has 3 rings (SSSR count). The fourth-order valence-corrected chi connectivity index (χ4v) is 4.69. The fourth-order valence-electron chi connectivity index (χ4n) is 3.46. The highest BCUT2D eigenvalue weighted by Gasteiger charge is 2.41. The van der Waals surface area contributed by atoms with Crippen molar-refractivity contribution in [2.24, 2.45) is 0 Å². The van der Waals surface area contributed by atoms with Gasteiger partial charge in [0.05, 0.1) is 6.10 Å². The van der Waals surface area contributed by atoms with Crippen molar-refractivity contribution in [2.75, 3.05) is 6.54 Å². The van der Waals surface area contributed by atoms with Gasteiger partial charge in [-0.3, -0.25) is 4.79 Å². The number of fused-ring (bicyclic) bond motifs is 1. The molecular weight excluding hydrogens is 453 g/mol. The van der Waals surface area contributed by atoms with Crippen molar-refractivity contribution in [3.63, 3.8) is 0 Å². The number of carbonyl (C=O) groups excluding carboxylic acids is 1. The number of thiophene rings is 1. The van der Waals surface area contributed by atoms with Gasteiger partial charge in [0, 0.05) is 34.2 Å². The van der Waals surface area contributed by atoms with E-state index in [2.05, 4.69) is 0 Å². The monoisotopic (exact) mass is 475 g/mol. The summed E-state index contributed by atoms with van der Waals surface area (Å²) in [4.78, 5) is 13.6. The normalized spacial score (nSPS) is 17.1. The molecule has 174 valence electrons. The standard InChI is InChI=1S/C22H22F5NO3S/c1-11(2)31-20(30)13-9-28(19(29)12-5-6-15(23)16(24)7-12)10-21(3,4)14-8-17(22(25,26)27)32-18(13)14/h5-9,11,20,30H,10H2,1-4H3. The summed E-state index contributed by atoms with van der Waals surface area (Å²) in [7, 11) is 0. The molecular formula is C22H22F5NO3S. The molecule has 0 radical (unpaired) electrons. The van der Waals surface area contributed by atoms with Crippen LogP contribution in [0.4, 0.5) is 22.0 Å². The molecule has 10 heteroatoms. The molecule has 1 aromatic heterocycles. The van der Waals surface area contributed by atoms with Crippen molar-refractivity contribution in [2.45, 2.75) is 51.7 Å². The smallest absolute Gasteiger partial charge is 0.364 e. The Hall–Kier alpha value is -2.30. The van der Waals surface area contributed by atoms with Gasteiger partial charge in [-0.2, -0.15) is 13.2 Å². The number of hydrogen-bond donors (Lipinski definition) is 1. The molecule has 1 amide bonds. The first-order chi connectivity index (χ1) is 14.7. The molecule has 1 atom stereocenters. The Morgan fingerprint density at radius 3 is 2.41 bits per heavy atom. The third-order valence-electron chi connectivity index (χ3n) is 4.96. The summed E-state index contributed by atoms with van der Waals surface area (Å²) in [6.07, 6.45) is -5.42. The Balaban J connectivity index is 2.15. The summed E-state index contributed by atoms with van der Waals surface area (Å²) in [5, 5.41) is 10.6. The second-order valence-electron chi connectivity index (χ2n) is 8.42. The molecule has 2 heterocycles. The van der Waals surface area contributed by atoms with Gasteiger partial charge in [-0.05, 0) is 43.7 Å². The number of ether oxygens (including phenoxy) is 1. The topological polar surface area (TPSA) is 49.8 Å². The number of hydrogen-bond acceptors (Lipinski definition) is 4. The van der Waals surface area contributed by atoms with E-state index in [1.165, 1.54) is 11.1 Å². The van der Waals surface area contributed by atoms with E-state index < -0.39 is 46.4 Å². The summed E-state index contributed by atoms with van der Waals surface area (Å²) in [6.45, 7) is 6.55. The average Bonchev–Trinajstić information content (AvgIpc) is 3.08. The van der Waals surface area contributed by atoms with Crippen LogP contribution < -0.4 is 0 Å². The summed E-state index contributed by atoms with van der Waals surface area (Å²) >= 11 is 0.455. The zero-order valence-electron chi connectivity index (χ0n) is 17.8. The van der Waals surface area contributed by atoms with E-state index in [1.54, 1.807) is 27.7 Å². The van der Waals surface area contributed by atoms with Gasteiger partial charge in [0.15, 0.2) is 17.9 Å². The van der Waals surface area contributed by atoms with Gasteiger partial charge >= 0.3 is 6.18 Å². The number of amides is 1. The first kappa shape index (κ1) is 24.3. The molecule has 0 saturated carbocycles. The van der Waals surface area contributed by atoms with Gasteiger partial charge in [-0.15, -0.1) is 11.3 Å². The minimum Gasteiger partial charge on any atom is -0.364 e. The van der Waals surface area contributed by atoms with Crippen LogP contribution in [0.2, 0.25) is 0 Å². The van der Waals surface area contributed by atoms with Gasteiger partial charge in [-0.25, -0.2) is 8.78 Å². The summed E-state index contributed by atoms with van der Waals surface area (Å²) in [5.41, 5.74) is -0.820. The van der Waals surface area contributed by atoms with Crippen LogP contribution in [0, 0.1) is 11.6 Å². The van der Waals surface area contributed by atoms with Gasteiger partial charge in [0.2, 0.25) is 0 Å². The van der Waals surface area contributed by atoms with Gasteiger partial charge < -0.3 is 14.7 Å². The molecule has 2 aromatic rings. The number of benzene rings is 1. The molecule has 1 aliphatic rings. The number of carbonyl (C=O) groups is 1. The van der Waals surface area contributed by atoms with E-state index in [9.17, 15) is 31.9 Å². The van der Waals surface area contributed by atoms with Crippen molar-refractivity contribution in [1.29, 1.82) is 0 Å². The number of alkyl halides is 3. The summed E-state index contributed by atoms with van der Waals surface area (Å²) in [6, 6.07) is 3.70. The lowest BCUT2D eigenvalue weighted by Gasteiger charge is -2.29. The summed E-state index contributed by atoms with van der Waals surface area (Å²) in [5.74, 6) is -3.01. The molecule has 0 saturated heterocycles. The van der Waals surface area contributed by atoms with Crippen LogP contribution in [0.25, 0.3) is 5.57 Å². The van der Waals surface area contributed by atoms with Gasteiger partial charge in [-0.1, -0.05) is 13.8 Å². The molecule has 1 unspecified atom stereocenters. The molecule has 4 nitrogen and oxygen atoms in total. The lowest BCUT2D eigenvalue weighted by atomic mass is 9.84. The number of rotatable bonds is 4. The number of aliphatic hydroxyl groups is 1. The van der Waals surface area contributed by atoms with Crippen molar-refractivity contribution in [1.82, 2.24) is 4.90 Å².